The zero-order valence-corrected chi connectivity index (χ0v) is 7.62. The average molecular weight is 174 g/mol. The fourth-order valence-electron chi connectivity index (χ4n) is 0.983. The van der Waals surface area contributed by atoms with Gasteiger partial charge in [-0.1, -0.05) is 6.92 Å². The summed E-state index contributed by atoms with van der Waals surface area (Å²) in [7, 11) is 0. The van der Waals surface area contributed by atoms with Crippen molar-refractivity contribution in [2.45, 2.75) is 26.2 Å². The van der Waals surface area contributed by atoms with Gasteiger partial charge in [-0.3, -0.25) is 4.79 Å². The van der Waals surface area contributed by atoms with Crippen molar-refractivity contribution in [2.75, 3.05) is 11.5 Å². The second kappa shape index (κ2) is 3.48. The lowest BCUT2D eigenvalue weighted by Gasteiger charge is -2.07. The van der Waals surface area contributed by atoms with Crippen LogP contribution in [0.25, 0.3) is 0 Å². The van der Waals surface area contributed by atoms with Crippen LogP contribution in [0.5, 0.6) is 0 Å². The Morgan fingerprint density at radius 3 is 2.64 bits per heavy atom. The minimum absolute atomic E-state index is 0.320. The number of carbonyl (C=O) groups is 1. The number of hydrogen-bond acceptors (Lipinski definition) is 2. The molecule has 0 unspecified atom stereocenters. The molecule has 1 rings (SSSR count). The first-order valence-electron chi connectivity index (χ1n) is 4.02. The molecule has 1 fully saturated rings. The predicted molar refractivity (Wildman–Crippen MR) is 46.9 cm³/mol. The number of aliphatic carboxylic acids is 1. The van der Waals surface area contributed by atoms with Gasteiger partial charge in [-0.15, -0.1) is 0 Å². The van der Waals surface area contributed by atoms with Crippen LogP contribution in [-0.2, 0) is 4.79 Å². The molecule has 3 heteroatoms. The summed E-state index contributed by atoms with van der Waals surface area (Å²) in [5.74, 6) is 1.31. The molecule has 0 radical (unpaired) electrons. The Morgan fingerprint density at radius 2 is 2.27 bits per heavy atom. The number of carboxylic acid groups (broad SMARTS) is 1. The lowest BCUT2D eigenvalue weighted by molar-refractivity contribution is -0.142. The molecule has 0 atom stereocenters. The Hall–Kier alpha value is -0.180. The van der Waals surface area contributed by atoms with E-state index >= 15 is 0 Å². The highest BCUT2D eigenvalue weighted by Gasteiger charge is 2.49. The van der Waals surface area contributed by atoms with Crippen LogP contribution in [0.1, 0.15) is 26.2 Å². The summed E-state index contributed by atoms with van der Waals surface area (Å²) < 4.78 is 0. The Kier molecular flexibility index (Phi) is 2.82. The van der Waals surface area contributed by atoms with Crippen LogP contribution >= 0.6 is 11.8 Å². The van der Waals surface area contributed by atoms with Crippen molar-refractivity contribution < 1.29 is 9.90 Å². The van der Waals surface area contributed by atoms with E-state index in [9.17, 15) is 4.79 Å². The second-order valence-corrected chi connectivity index (χ2v) is 4.24. The van der Waals surface area contributed by atoms with Crippen LogP contribution in [0.4, 0.5) is 0 Å². The van der Waals surface area contributed by atoms with E-state index in [-0.39, 0.29) is 5.41 Å². The zero-order valence-electron chi connectivity index (χ0n) is 6.80. The lowest BCUT2D eigenvalue weighted by atomic mass is 10.1. The Morgan fingerprint density at radius 1 is 1.64 bits per heavy atom. The SMILES string of the molecule is CCCSCC1(C(=O)O)CC1. The van der Waals surface area contributed by atoms with Gasteiger partial charge in [0.15, 0.2) is 0 Å². The summed E-state index contributed by atoms with van der Waals surface area (Å²) >= 11 is 1.77. The van der Waals surface area contributed by atoms with Crippen LogP contribution in [0, 0.1) is 5.41 Å². The number of rotatable bonds is 5. The minimum Gasteiger partial charge on any atom is -0.481 e. The Labute approximate surface area is 71.4 Å². The summed E-state index contributed by atoms with van der Waals surface area (Å²) in [5.41, 5.74) is -0.320. The van der Waals surface area contributed by atoms with Gasteiger partial charge in [0.05, 0.1) is 5.41 Å². The Balaban J connectivity index is 2.20. The van der Waals surface area contributed by atoms with Gasteiger partial charge in [-0.05, 0) is 25.0 Å². The van der Waals surface area contributed by atoms with Crippen LogP contribution in [-0.4, -0.2) is 22.6 Å². The standard InChI is InChI=1S/C8H14O2S/c1-2-5-11-6-8(3-4-8)7(9)10/h2-6H2,1H3,(H,9,10). The second-order valence-electron chi connectivity index (χ2n) is 3.14. The largest absolute Gasteiger partial charge is 0.481 e. The molecule has 0 aliphatic heterocycles. The maximum absolute atomic E-state index is 10.7. The molecular weight excluding hydrogens is 160 g/mol. The molecule has 1 saturated carbocycles. The third kappa shape index (κ3) is 2.12. The Bertz CT molecular complexity index is 152. The molecule has 0 aromatic carbocycles. The van der Waals surface area contributed by atoms with E-state index in [1.807, 2.05) is 0 Å². The van der Waals surface area contributed by atoms with Gasteiger partial charge < -0.3 is 5.11 Å². The zero-order chi connectivity index (χ0) is 8.32. The van der Waals surface area contributed by atoms with Gasteiger partial charge in [0.1, 0.15) is 0 Å². The highest BCUT2D eigenvalue weighted by atomic mass is 32.2. The van der Waals surface area contributed by atoms with Crippen molar-refractivity contribution in [1.29, 1.82) is 0 Å². The van der Waals surface area contributed by atoms with Crippen LogP contribution in [0.2, 0.25) is 0 Å². The van der Waals surface area contributed by atoms with Crippen molar-refractivity contribution in [3.8, 4) is 0 Å². The van der Waals surface area contributed by atoms with E-state index < -0.39 is 5.97 Å². The van der Waals surface area contributed by atoms with Crippen molar-refractivity contribution in [3.05, 3.63) is 0 Å². The van der Waals surface area contributed by atoms with E-state index in [4.69, 9.17) is 5.11 Å². The highest BCUT2D eigenvalue weighted by molar-refractivity contribution is 7.99. The molecule has 0 spiro atoms. The lowest BCUT2D eigenvalue weighted by Crippen LogP contribution is -2.17. The molecule has 11 heavy (non-hydrogen) atoms. The third-order valence-electron chi connectivity index (χ3n) is 2.03. The van der Waals surface area contributed by atoms with Gasteiger partial charge in [0, 0.05) is 5.75 Å². The topological polar surface area (TPSA) is 37.3 Å². The molecule has 1 aliphatic carbocycles. The molecule has 0 aromatic rings. The third-order valence-corrected chi connectivity index (χ3v) is 3.49. The number of thioether (sulfide) groups is 1. The molecule has 64 valence electrons. The summed E-state index contributed by atoms with van der Waals surface area (Å²) in [6.07, 6.45) is 2.92. The first-order chi connectivity index (χ1) is 5.21. The first-order valence-corrected chi connectivity index (χ1v) is 5.18. The van der Waals surface area contributed by atoms with E-state index in [0.29, 0.717) is 0 Å². The molecule has 0 aromatic heterocycles. The predicted octanol–water partition coefficient (Wildman–Crippen LogP) is 1.99. The normalized spacial score (nSPS) is 19.7. The maximum atomic E-state index is 10.7. The molecule has 0 bridgehead atoms. The van der Waals surface area contributed by atoms with Gasteiger partial charge in [-0.2, -0.15) is 11.8 Å². The fraction of sp³-hybridized carbons (Fsp3) is 0.875. The average Bonchev–Trinajstić information content (AvgIpc) is 2.70. The fourth-order valence-corrected chi connectivity index (χ4v) is 2.22. The first kappa shape index (κ1) is 8.91. The summed E-state index contributed by atoms with van der Waals surface area (Å²) in [4.78, 5) is 10.7. The van der Waals surface area contributed by atoms with Crippen molar-refractivity contribution >= 4 is 17.7 Å². The van der Waals surface area contributed by atoms with Crippen LogP contribution < -0.4 is 0 Å². The van der Waals surface area contributed by atoms with E-state index in [0.717, 1.165) is 30.8 Å². The summed E-state index contributed by atoms with van der Waals surface area (Å²) in [5, 5.41) is 8.79. The monoisotopic (exact) mass is 174 g/mol. The van der Waals surface area contributed by atoms with E-state index in [1.165, 1.54) is 0 Å². The number of carboxylic acids is 1. The molecule has 2 nitrogen and oxygen atoms in total. The number of hydrogen-bond donors (Lipinski definition) is 1. The highest BCUT2D eigenvalue weighted by Crippen LogP contribution is 2.48. The molecular formula is C8H14O2S. The van der Waals surface area contributed by atoms with E-state index in [1.54, 1.807) is 11.8 Å². The van der Waals surface area contributed by atoms with Gasteiger partial charge in [0.2, 0.25) is 0 Å². The van der Waals surface area contributed by atoms with Crippen molar-refractivity contribution in [3.63, 3.8) is 0 Å². The minimum atomic E-state index is -0.596. The summed E-state index contributed by atoms with van der Waals surface area (Å²) in [6, 6.07) is 0. The van der Waals surface area contributed by atoms with Gasteiger partial charge in [-0.25, -0.2) is 0 Å². The maximum Gasteiger partial charge on any atom is 0.310 e. The van der Waals surface area contributed by atoms with Crippen LogP contribution in [0.15, 0.2) is 0 Å². The smallest absolute Gasteiger partial charge is 0.310 e. The molecule has 1 aliphatic rings. The van der Waals surface area contributed by atoms with Crippen molar-refractivity contribution in [2.24, 2.45) is 5.41 Å². The van der Waals surface area contributed by atoms with Crippen LogP contribution in [0.3, 0.4) is 0 Å². The van der Waals surface area contributed by atoms with Gasteiger partial charge in [0.25, 0.3) is 0 Å². The molecule has 1 N–H and O–H groups in total. The quantitative estimate of drug-likeness (QED) is 0.648. The van der Waals surface area contributed by atoms with E-state index in [2.05, 4.69) is 6.92 Å². The van der Waals surface area contributed by atoms with Crippen molar-refractivity contribution in [1.82, 2.24) is 0 Å². The molecule has 0 heterocycles. The molecule has 0 saturated heterocycles. The molecule has 0 amide bonds. The summed E-state index contributed by atoms with van der Waals surface area (Å²) in [6.45, 7) is 2.12. The van der Waals surface area contributed by atoms with Gasteiger partial charge >= 0.3 is 5.97 Å².